The summed E-state index contributed by atoms with van der Waals surface area (Å²) >= 11 is 0. The van der Waals surface area contributed by atoms with Crippen molar-refractivity contribution in [2.75, 3.05) is 0 Å². The Labute approximate surface area is 32.0 Å². The Morgan fingerprint density at radius 3 is 2.40 bits per heavy atom. The summed E-state index contributed by atoms with van der Waals surface area (Å²) in [6.45, 7) is 3.44. The van der Waals surface area contributed by atoms with Crippen LogP contribution in [0.5, 0.6) is 0 Å². The SMILES string of the molecule is [CH2]CCC=O. The van der Waals surface area contributed by atoms with Gasteiger partial charge in [-0.15, -0.1) is 0 Å². The minimum atomic E-state index is 0.597. The van der Waals surface area contributed by atoms with Crippen LogP contribution in [-0.2, 0) is 4.79 Å². The first-order valence-corrected chi connectivity index (χ1v) is 1.64. The molecule has 0 aromatic heterocycles. The van der Waals surface area contributed by atoms with Gasteiger partial charge in [0.15, 0.2) is 0 Å². The highest BCUT2D eigenvalue weighted by Crippen LogP contribution is 1.73. The van der Waals surface area contributed by atoms with Crippen LogP contribution in [0.2, 0.25) is 0 Å². The number of hydrogen-bond acceptors (Lipinski definition) is 1. The van der Waals surface area contributed by atoms with Crippen LogP contribution in [0.3, 0.4) is 0 Å². The standard InChI is InChI=1S/C4H7O/c1-2-3-4-5/h4H,1-3H2. The van der Waals surface area contributed by atoms with Gasteiger partial charge in [0.25, 0.3) is 0 Å². The van der Waals surface area contributed by atoms with Gasteiger partial charge in [0, 0.05) is 6.42 Å². The topological polar surface area (TPSA) is 17.1 Å². The molecule has 1 radical (unpaired) electrons. The first-order chi connectivity index (χ1) is 2.41. The van der Waals surface area contributed by atoms with Crippen LogP contribution in [0, 0.1) is 6.92 Å². The van der Waals surface area contributed by atoms with Crippen LogP contribution < -0.4 is 0 Å². The fourth-order valence-electron chi connectivity index (χ4n) is 0.0833. The van der Waals surface area contributed by atoms with Gasteiger partial charge in [-0.3, -0.25) is 0 Å². The van der Waals surface area contributed by atoms with Crippen LogP contribution in [-0.4, -0.2) is 6.29 Å². The van der Waals surface area contributed by atoms with E-state index in [4.69, 9.17) is 0 Å². The summed E-state index contributed by atoms with van der Waals surface area (Å²) in [5, 5.41) is 0. The molecule has 0 rings (SSSR count). The Balaban J connectivity index is 2.40. The summed E-state index contributed by atoms with van der Waals surface area (Å²) in [5.41, 5.74) is 0. The number of carbonyl (C=O) groups is 1. The molecule has 0 N–H and O–H groups in total. The van der Waals surface area contributed by atoms with Gasteiger partial charge in [-0.2, -0.15) is 0 Å². The predicted molar refractivity (Wildman–Crippen MR) is 20.7 cm³/mol. The van der Waals surface area contributed by atoms with E-state index in [-0.39, 0.29) is 0 Å². The van der Waals surface area contributed by atoms with Crippen molar-refractivity contribution in [3.63, 3.8) is 0 Å². The van der Waals surface area contributed by atoms with Gasteiger partial charge in [0.05, 0.1) is 0 Å². The molecular weight excluding hydrogens is 64.0 g/mol. The number of unbranched alkanes of at least 4 members (excludes halogenated alkanes) is 1. The van der Waals surface area contributed by atoms with Gasteiger partial charge in [0.2, 0.25) is 0 Å². The Hall–Kier alpha value is -0.330. The van der Waals surface area contributed by atoms with Gasteiger partial charge < -0.3 is 4.79 Å². The normalized spacial score (nSPS) is 7.40. The van der Waals surface area contributed by atoms with Crippen molar-refractivity contribution in [3.05, 3.63) is 6.92 Å². The minimum absolute atomic E-state index is 0.597. The van der Waals surface area contributed by atoms with E-state index in [1.807, 2.05) is 0 Å². The lowest BCUT2D eigenvalue weighted by Gasteiger charge is -1.68. The summed E-state index contributed by atoms with van der Waals surface area (Å²) in [6.07, 6.45) is 2.19. The Bertz CT molecular complexity index is 24.8. The van der Waals surface area contributed by atoms with Crippen LogP contribution in [0.1, 0.15) is 12.8 Å². The summed E-state index contributed by atoms with van der Waals surface area (Å²) in [6, 6.07) is 0. The average molecular weight is 71.1 g/mol. The van der Waals surface area contributed by atoms with Crippen LogP contribution in [0.15, 0.2) is 0 Å². The second-order valence-corrected chi connectivity index (χ2v) is 0.809. The molecule has 0 aromatic rings. The number of carbonyl (C=O) groups excluding carboxylic acids is 1. The molecule has 0 atom stereocenters. The highest BCUT2D eigenvalue weighted by atomic mass is 16.1. The second kappa shape index (κ2) is 3.67. The lowest BCUT2D eigenvalue weighted by atomic mass is 10.4. The maximum Gasteiger partial charge on any atom is 0.119 e. The molecular formula is C4H7O. The van der Waals surface area contributed by atoms with Gasteiger partial charge in [0.1, 0.15) is 6.29 Å². The average Bonchev–Trinajstić information content (AvgIpc) is 1.41. The van der Waals surface area contributed by atoms with Gasteiger partial charge >= 0.3 is 0 Å². The smallest absolute Gasteiger partial charge is 0.119 e. The van der Waals surface area contributed by atoms with E-state index in [2.05, 4.69) is 6.92 Å². The molecule has 0 aromatic carbocycles. The molecule has 5 heavy (non-hydrogen) atoms. The van der Waals surface area contributed by atoms with E-state index in [0.29, 0.717) is 6.42 Å². The van der Waals surface area contributed by atoms with Crippen molar-refractivity contribution >= 4 is 6.29 Å². The molecule has 0 saturated carbocycles. The highest BCUT2D eigenvalue weighted by molar-refractivity contribution is 5.49. The summed E-state index contributed by atoms with van der Waals surface area (Å²) in [4.78, 5) is 9.36. The van der Waals surface area contributed by atoms with Gasteiger partial charge in [-0.1, -0.05) is 6.92 Å². The largest absolute Gasteiger partial charge is 0.303 e. The summed E-state index contributed by atoms with van der Waals surface area (Å²) in [5.74, 6) is 0. The van der Waals surface area contributed by atoms with Crippen LogP contribution in [0.25, 0.3) is 0 Å². The molecule has 0 heterocycles. The first-order valence-electron chi connectivity index (χ1n) is 1.64. The zero-order valence-corrected chi connectivity index (χ0v) is 3.11. The summed E-state index contributed by atoms with van der Waals surface area (Å²) < 4.78 is 0. The Morgan fingerprint density at radius 2 is 2.40 bits per heavy atom. The summed E-state index contributed by atoms with van der Waals surface area (Å²) in [7, 11) is 0. The predicted octanol–water partition coefficient (Wildman–Crippen LogP) is 0.800. The van der Waals surface area contributed by atoms with E-state index < -0.39 is 0 Å². The van der Waals surface area contributed by atoms with Crippen molar-refractivity contribution in [2.45, 2.75) is 12.8 Å². The lowest BCUT2D eigenvalue weighted by molar-refractivity contribution is -0.107. The maximum absolute atomic E-state index is 9.36. The highest BCUT2D eigenvalue weighted by Gasteiger charge is 1.67. The minimum Gasteiger partial charge on any atom is -0.303 e. The number of rotatable bonds is 2. The first kappa shape index (κ1) is 4.67. The zero-order chi connectivity index (χ0) is 4.12. The van der Waals surface area contributed by atoms with E-state index >= 15 is 0 Å². The molecule has 0 bridgehead atoms. The number of aldehydes is 1. The van der Waals surface area contributed by atoms with Crippen molar-refractivity contribution in [2.24, 2.45) is 0 Å². The van der Waals surface area contributed by atoms with E-state index in [9.17, 15) is 4.79 Å². The zero-order valence-electron chi connectivity index (χ0n) is 3.11. The molecule has 1 heteroatoms. The molecule has 0 spiro atoms. The third kappa shape index (κ3) is 3.67. The van der Waals surface area contributed by atoms with Crippen molar-refractivity contribution in [3.8, 4) is 0 Å². The maximum atomic E-state index is 9.36. The third-order valence-corrected chi connectivity index (χ3v) is 0.322. The molecule has 0 amide bonds. The fraction of sp³-hybridized carbons (Fsp3) is 0.500. The van der Waals surface area contributed by atoms with E-state index in [1.54, 1.807) is 0 Å². The fourth-order valence-corrected chi connectivity index (χ4v) is 0.0833. The Morgan fingerprint density at radius 1 is 1.80 bits per heavy atom. The van der Waals surface area contributed by atoms with Crippen molar-refractivity contribution < 1.29 is 4.79 Å². The molecule has 0 aliphatic heterocycles. The molecule has 0 saturated heterocycles. The van der Waals surface area contributed by atoms with Crippen molar-refractivity contribution in [1.82, 2.24) is 0 Å². The second-order valence-electron chi connectivity index (χ2n) is 0.809. The molecule has 0 fully saturated rings. The quantitative estimate of drug-likeness (QED) is 0.440. The van der Waals surface area contributed by atoms with E-state index in [0.717, 1.165) is 12.7 Å². The van der Waals surface area contributed by atoms with Crippen LogP contribution >= 0.6 is 0 Å². The molecule has 29 valence electrons. The molecule has 0 aliphatic rings. The molecule has 0 aliphatic carbocycles. The third-order valence-electron chi connectivity index (χ3n) is 0.322. The van der Waals surface area contributed by atoms with Gasteiger partial charge in [-0.05, 0) is 6.42 Å². The number of hydrogen-bond donors (Lipinski definition) is 0. The van der Waals surface area contributed by atoms with E-state index in [1.165, 1.54) is 0 Å². The van der Waals surface area contributed by atoms with Crippen molar-refractivity contribution in [1.29, 1.82) is 0 Å². The lowest BCUT2D eigenvalue weighted by Crippen LogP contribution is -1.65. The Kier molecular flexibility index (Phi) is 3.43. The molecule has 0 unspecified atom stereocenters. The molecule has 1 nitrogen and oxygen atoms in total. The van der Waals surface area contributed by atoms with Gasteiger partial charge in [-0.25, -0.2) is 0 Å². The monoisotopic (exact) mass is 71.0 g/mol. The van der Waals surface area contributed by atoms with Crippen LogP contribution in [0.4, 0.5) is 0 Å².